The van der Waals surface area contributed by atoms with E-state index in [1.165, 1.54) is 0 Å². The van der Waals surface area contributed by atoms with Crippen molar-refractivity contribution < 1.29 is 14.6 Å². The molecule has 8 heteroatoms. The molecule has 4 heterocycles. The van der Waals surface area contributed by atoms with E-state index in [0.29, 0.717) is 24.9 Å². The summed E-state index contributed by atoms with van der Waals surface area (Å²) in [6.45, 7) is 3.18. The monoisotopic (exact) mass is 399 g/mol. The molecule has 3 aliphatic heterocycles. The zero-order chi connectivity index (χ0) is 20.2. The van der Waals surface area contributed by atoms with Gasteiger partial charge in [-0.3, -0.25) is 14.4 Å². The van der Waals surface area contributed by atoms with Gasteiger partial charge in [0.15, 0.2) is 0 Å². The van der Waals surface area contributed by atoms with Crippen LogP contribution in [-0.4, -0.2) is 63.8 Å². The lowest BCUT2D eigenvalue weighted by Gasteiger charge is -2.49. The Morgan fingerprint density at radius 1 is 1.38 bits per heavy atom. The van der Waals surface area contributed by atoms with Crippen LogP contribution in [0.25, 0.3) is 0 Å². The highest BCUT2D eigenvalue weighted by molar-refractivity contribution is 5.79. The van der Waals surface area contributed by atoms with Crippen LogP contribution < -0.4 is 10.1 Å². The third-order valence-electron chi connectivity index (χ3n) is 6.21. The minimum absolute atomic E-state index is 0.0374. The highest BCUT2D eigenvalue weighted by atomic mass is 16.5. The lowest BCUT2D eigenvalue weighted by molar-refractivity contribution is -0.133. The van der Waals surface area contributed by atoms with Crippen LogP contribution in [0.5, 0.6) is 5.75 Å². The van der Waals surface area contributed by atoms with E-state index >= 15 is 0 Å². The first-order valence-corrected chi connectivity index (χ1v) is 10.3. The van der Waals surface area contributed by atoms with E-state index in [9.17, 15) is 4.79 Å². The predicted molar refractivity (Wildman–Crippen MR) is 107 cm³/mol. The van der Waals surface area contributed by atoms with Gasteiger partial charge in [0, 0.05) is 43.9 Å². The highest BCUT2D eigenvalue weighted by Gasteiger charge is 2.43. The van der Waals surface area contributed by atoms with Gasteiger partial charge in [0.2, 0.25) is 5.91 Å². The number of benzene rings is 1. The Balaban J connectivity index is 1.33. The Hall–Kier alpha value is -2.45. The van der Waals surface area contributed by atoms with Crippen LogP contribution in [0.3, 0.4) is 0 Å². The second-order valence-corrected chi connectivity index (χ2v) is 7.97. The van der Waals surface area contributed by atoms with Crippen molar-refractivity contribution >= 4 is 5.91 Å². The molecule has 0 spiro atoms. The molecule has 5 rings (SSSR count). The van der Waals surface area contributed by atoms with E-state index in [4.69, 9.17) is 9.84 Å². The van der Waals surface area contributed by atoms with E-state index in [1.807, 2.05) is 35.1 Å². The molecule has 4 atom stereocenters. The number of aromatic nitrogens is 3. The number of hydrogen-bond acceptors (Lipinski definition) is 6. The zero-order valence-corrected chi connectivity index (χ0v) is 16.8. The van der Waals surface area contributed by atoms with Gasteiger partial charge in [0.1, 0.15) is 5.75 Å². The standard InChI is InChI=1S/C21H29N5O3/c1-29-20-5-3-2-4-16(20)11-22-21(28)19-14-25-8-6-15(19)10-18(25)13-26-12-17(7-9-27)23-24-26/h2-5,12,15,18-19,27H,6-11,13-14H2,1H3,(H,22,28)/t15-,18-,19+/m1/s1. The van der Waals surface area contributed by atoms with Gasteiger partial charge in [-0.25, -0.2) is 0 Å². The van der Waals surface area contributed by atoms with Crippen LogP contribution in [-0.2, 0) is 24.3 Å². The van der Waals surface area contributed by atoms with Gasteiger partial charge in [0.05, 0.1) is 25.3 Å². The molecule has 1 amide bonds. The SMILES string of the molecule is COc1ccccc1CNC(=O)[C@H]1CN2CC[C@@H]1C[C@@H]2Cn1cc(CCO)nn1. The Morgan fingerprint density at radius 2 is 2.24 bits per heavy atom. The number of fused-ring (bicyclic) bond motifs is 3. The van der Waals surface area contributed by atoms with Crippen molar-refractivity contribution in [3.05, 3.63) is 41.7 Å². The smallest absolute Gasteiger partial charge is 0.224 e. The first-order valence-electron chi connectivity index (χ1n) is 10.3. The number of hydrogen-bond donors (Lipinski definition) is 2. The van der Waals surface area contributed by atoms with Crippen molar-refractivity contribution in [2.45, 2.75) is 38.4 Å². The number of piperidine rings is 3. The van der Waals surface area contributed by atoms with Gasteiger partial charge in [0.25, 0.3) is 0 Å². The molecule has 2 bridgehead atoms. The summed E-state index contributed by atoms with van der Waals surface area (Å²) in [6, 6.07) is 8.17. The Morgan fingerprint density at radius 3 is 3.00 bits per heavy atom. The predicted octanol–water partition coefficient (Wildman–Crippen LogP) is 0.848. The Kier molecular flexibility index (Phi) is 6.10. The lowest BCUT2D eigenvalue weighted by Crippen LogP contribution is -2.58. The number of para-hydroxylation sites is 1. The minimum Gasteiger partial charge on any atom is -0.496 e. The number of ether oxygens (including phenoxy) is 1. The molecule has 3 saturated heterocycles. The fraction of sp³-hybridized carbons (Fsp3) is 0.571. The maximum absolute atomic E-state index is 12.9. The highest BCUT2D eigenvalue weighted by Crippen LogP contribution is 2.37. The number of nitrogens with one attached hydrogen (secondary N) is 1. The molecule has 29 heavy (non-hydrogen) atoms. The molecule has 3 aliphatic rings. The minimum atomic E-state index is 0.0374. The summed E-state index contributed by atoms with van der Waals surface area (Å²) in [5, 5.41) is 20.4. The summed E-state index contributed by atoms with van der Waals surface area (Å²) in [5.74, 6) is 1.38. The van der Waals surface area contributed by atoms with Crippen molar-refractivity contribution in [2.75, 3.05) is 26.8 Å². The Labute approximate surface area is 170 Å². The molecule has 3 fully saturated rings. The fourth-order valence-electron chi connectivity index (χ4n) is 4.66. The van der Waals surface area contributed by atoms with Crippen LogP contribution in [0.15, 0.2) is 30.5 Å². The second kappa shape index (κ2) is 8.92. The van der Waals surface area contributed by atoms with E-state index < -0.39 is 0 Å². The number of carbonyl (C=O) groups is 1. The number of methoxy groups -OCH3 is 1. The Bertz CT molecular complexity index is 839. The van der Waals surface area contributed by atoms with Crippen LogP contribution >= 0.6 is 0 Å². The van der Waals surface area contributed by atoms with Gasteiger partial charge in [-0.1, -0.05) is 23.4 Å². The number of nitrogens with zero attached hydrogens (tertiary/aromatic N) is 4. The average molecular weight is 399 g/mol. The van der Waals surface area contributed by atoms with Gasteiger partial charge in [-0.05, 0) is 31.4 Å². The van der Waals surface area contributed by atoms with Crippen LogP contribution in [0.1, 0.15) is 24.1 Å². The van der Waals surface area contributed by atoms with Crippen molar-refractivity contribution in [2.24, 2.45) is 11.8 Å². The molecular weight excluding hydrogens is 370 g/mol. The maximum atomic E-state index is 12.9. The largest absolute Gasteiger partial charge is 0.496 e. The van der Waals surface area contributed by atoms with Gasteiger partial charge in [-0.15, -0.1) is 5.10 Å². The summed E-state index contributed by atoms with van der Waals surface area (Å²) in [6.07, 6.45) is 4.51. The van der Waals surface area contributed by atoms with Crippen molar-refractivity contribution in [3.63, 3.8) is 0 Å². The molecule has 0 aliphatic carbocycles. The third kappa shape index (κ3) is 4.43. The summed E-state index contributed by atoms with van der Waals surface area (Å²) in [5.41, 5.74) is 1.81. The maximum Gasteiger partial charge on any atom is 0.224 e. The van der Waals surface area contributed by atoms with Crippen LogP contribution in [0.2, 0.25) is 0 Å². The summed E-state index contributed by atoms with van der Waals surface area (Å²) < 4.78 is 7.24. The number of rotatable bonds is 8. The molecule has 2 aromatic rings. The van der Waals surface area contributed by atoms with Crippen LogP contribution in [0, 0.1) is 11.8 Å². The summed E-state index contributed by atoms with van der Waals surface area (Å²) >= 11 is 0. The average Bonchev–Trinajstić information content (AvgIpc) is 3.19. The van der Waals surface area contributed by atoms with Gasteiger partial charge in [-0.2, -0.15) is 0 Å². The molecular formula is C21H29N5O3. The van der Waals surface area contributed by atoms with Gasteiger partial charge < -0.3 is 15.2 Å². The van der Waals surface area contributed by atoms with Crippen molar-refractivity contribution in [1.29, 1.82) is 0 Å². The third-order valence-corrected chi connectivity index (χ3v) is 6.21. The number of aliphatic hydroxyl groups excluding tert-OH is 1. The molecule has 156 valence electrons. The van der Waals surface area contributed by atoms with Crippen molar-refractivity contribution in [1.82, 2.24) is 25.2 Å². The fourth-order valence-corrected chi connectivity index (χ4v) is 4.66. The molecule has 1 unspecified atom stereocenters. The number of carbonyl (C=O) groups excluding carboxylic acids is 1. The molecule has 0 saturated carbocycles. The molecule has 8 nitrogen and oxygen atoms in total. The van der Waals surface area contributed by atoms with E-state index in [0.717, 1.165) is 49.5 Å². The number of aliphatic hydroxyl groups is 1. The zero-order valence-electron chi connectivity index (χ0n) is 16.8. The van der Waals surface area contributed by atoms with Gasteiger partial charge >= 0.3 is 0 Å². The summed E-state index contributed by atoms with van der Waals surface area (Å²) in [4.78, 5) is 15.3. The second-order valence-electron chi connectivity index (χ2n) is 7.97. The first-order chi connectivity index (χ1) is 14.2. The number of amides is 1. The van der Waals surface area contributed by atoms with Crippen molar-refractivity contribution in [3.8, 4) is 5.75 Å². The van der Waals surface area contributed by atoms with E-state index in [1.54, 1.807) is 7.11 Å². The molecule has 2 N–H and O–H groups in total. The molecule has 1 aromatic heterocycles. The first kappa shape index (κ1) is 19.8. The van der Waals surface area contributed by atoms with Crippen LogP contribution in [0.4, 0.5) is 0 Å². The molecule has 1 aromatic carbocycles. The molecule has 0 radical (unpaired) electrons. The normalized spacial score (nSPS) is 25.7. The van der Waals surface area contributed by atoms with E-state index in [-0.39, 0.29) is 18.4 Å². The van der Waals surface area contributed by atoms with E-state index in [2.05, 4.69) is 20.5 Å². The topological polar surface area (TPSA) is 92.5 Å². The summed E-state index contributed by atoms with van der Waals surface area (Å²) in [7, 11) is 1.65. The quantitative estimate of drug-likeness (QED) is 0.684. The lowest BCUT2D eigenvalue weighted by atomic mass is 9.75.